The van der Waals surface area contributed by atoms with Crippen molar-refractivity contribution >= 4 is 34.1 Å². The fourth-order valence-corrected chi connectivity index (χ4v) is 3.07. The van der Waals surface area contributed by atoms with Gasteiger partial charge in [-0.05, 0) is 32.0 Å². The Balaban J connectivity index is 1.72. The van der Waals surface area contributed by atoms with E-state index in [0.29, 0.717) is 27.7 Å². The number of hydrogen-bond donors (Lipinski definition) is 1. The van der Waals surface area contributed by atoms with Gasteiger partial charge in [-0.25, -0.2) is 4.68 Å². The van der Waals surface area contributed by atoms with Crippen molar-refractivity contribution in [2.75, 3.05) is 5.32 Å². The molecule has 1 aromatic heterocycles. The van der Waals surface area contributed by atoms with Crippen LogP contribution in [0.4, 0.5) is 5.69 Å². The molecule has 0 unspecified atom stereocenters. The Morgan fingerprint density at radius 1 is 1.07 bits per heavy atom. The van der Waals surface area contributed by atoms with Gasteiger partial charge < -0.3 is 10.1 Å². The molecule has 0 aliphatic heterocycles. The lowest BCUT2D eigenvalue weighted by Gasteiger charge is -2.15. The van der Waals surface area contributed by atoms with Crippen molar-refractivity contribution in [1.82, 2.24) is 9.78 Å². The lowest BCUT2D eigenvalue weighted by atomic mass is 10.1. The third kappa shape index (κ3) is 4.43. The number of carbonyl (C=O) groups is 3. The zero-order valence-corrected chi connectivity index (χ0v) is 16.8. The fourth-order valence-electron chi connectivity index (χ4n) is 3.07. The van der Waals surface area contributed by atoms with Crippen LogP contribution in [0.15, 0.2) is 53.3 Å². The topological polar surface area (TPSA) is 107 Å². The molecule has 30 heavy (non-hydrogen) atoms. The number of benzene rings is 2. The molecule has 0 spiro atoms. The first-order valence-corrected chi connectivity index (χ1v) is 9.33. The number of hydrogen-bond acceptors (Lipinski definition) is 6. The Morgan fingerprint density at radius 2 is 1.70 bits per heavy atom. The summed E-state index contributed by atoms with van der Waals surface area (Å²) in [4.78, 5) is 48.7. The zero-order valence-electron chi connectivity index (χ0n) is 16.8. The first-order chi connectivity index (χ1) is 14.3. The van der Waals surface area contributed by atoms with Gasteiger partial charge in [-0.1, -0.05) is 30.3 Å². The van der Waals surface area contributed by atoms with Crippen LogP contribution in [0.1, 0.15) is 29.9 Å². The van der Waals surface area contributed by atoms with E-state index in [1.165, 1.54) is 25.6 Å². The maximum absolute atomic E-state index is 12.4. The van der Waals surface area contributed by atoms with Gasteiger partial charge in [0.2, 0.25) is 0 Å². The average molecular weight is 407 g/mol. The van der Waals surface area contributed by atoms with Crippen molar-refractivity contribution in [2.24, 2.45) is 7.05 Å². The van der Waals surface area contributed by atoms with E-state index in [4.69, 9.17) is 4.74 Å². The Labute approximate surface area is 172 Å². The predicted octanol–water partition coefficient (Wildman–Crippen LogP) is 2.25. The van der Waals surface area contributed by atoms with Gasteiger partial charge in [0, 0.05) is 18.0 Å². The minimum absolute atomic E-state index is 0.191. The second kappa shape index (κ2) is 8.69. The highest BCUT2D eigenvalue weighted by Gasteiger charge is 2.21. The summed E-state index contributed by atoms with van der Waals surface area (Å²) in [6, 6.07) is 13.4. The molecule has 1 atom stereocenters. The number of anilines is 1. The van der Waals surface area contributed by atoms with E-state index in [1.54, 1.807) is 48.5 Å². The summed E-state index contributed by atoms with van der Waals surface area (Å²) in [5, 5.41) is 7.77. The number of ketones is 1. The summed E-state index contributed by atoms with van der Waals surface area (Å²) in [5.41, 5.74) is 0.834. The van der Waals surface area contributed by atoms with Gasteiger partial charge in [0.05, 0.1) is 23.2 Å². The molecule has 3 aromatic rings. The standard InChI is InChI=1S/C22H21N3O5/c1-13(26)15-8-6-7-11-18(15)23-21(28)14(2)30-20(27)12-19-16-9-4-5-10-17(16)22(29)25(3)24-19/h4-11,14H,12H2,1-3H3,(H,23,28)/t14-/m1/s1. The van der Waals surface area contributed by atoms with Gasteiger partial charge in [-0.3, -0.25) is 19.2 Å². The number of nitrogens with one attached hydrogen (secondary N) is 1. The van der Waals surface area contributed by atoms with E-state index in [9.17, 15) is 19.2 Å². The van der Waals surface area contributed by atoms with Crippen LogP contribution in [-0.2, 0) is 27.8 Å². The molecule has 0 aliphatic rings. The molecule has 3 rings (SSSR count). The second-order valence-corrected chi connectivity index (χ2v) is 6.82. The largest absolute Gasteiger partial charge is 0.452 e. The molecular weight excluding hydrogens is 386 g/mol. The highest BCUT2D eigenvalue weighted by atomic mass is 16.5. The first kappa shape index (κ1) is 20.9. The molecule has 8 heteroatoms. The van der Waals surface area contributed by atoms with Crippen LogP contribution >= 0.6 is 0 Å². The van der Waals surface area contributed by atoms with Crippen molar-refractivity contribution in [3.8, 4) is 0 Å². The Bertz CT molecular complexity index is 1200. The molecule has 0 saturated carbocycles. The molecule has 2 aromatic carbocycles. The summed E-state index contributed by atoms with van der Waals surface area (Å²) in [5.74, 6) is -1.41. The number of rotatable bonds is 6. The van der Waals surface area contributed by atoms with E-state index in [1.807, 2.05) is 0 Å². The highest BCUT2D eigenvalue weighted by molar-refractivity contribution is 6.04. The van der Waals surface area contributed by atoms with Crippen molar-refractivity contribution in [1.29, 1.82) is 0 Å². The molecule has 1 N–H and O–H groups in total. The summed E-state index contributed by atoms with van der Waals surface area (Å²) in [6.07, 6.45) is -1.28. The van der Waals surface area contributed by atoms with Gasteiger partial charge in [0.25, 0.3) is 11.5 Å². The molecule has 8 nitrogen and oxygen atoms in total. The minimum atomic E-state index is -1.09. The number of esters is 1. The summed E-state index contributed by atoms with van der Waals surface area (Å²) >= 11 is 0. The number of nitrogens with zero attached hydrogens (tertiary/aromatic N) is 2. The van der Waals surface area contributed by atoms with Crippen LogP contribution < -0.4 is 10.9 Å². The normalized spacial score (nSPS) is 11.7. The maximum Gasteiger partial charge on any atom is 0.312 e. The molecule has 0 radical (unpaired) electrons. The maximum atomic E-state index is 12.4. The van der Waals surface area contributed by atoms with Crippen LogP contribution in [0, 0.1) is 0 Å². The number of Topliss-reactive ketones (excluding diaryl/α,β-unsaturated/α-hetero) is 1. The predicted molar refractivity (Wildman–Crippen MR) is 111 cm³/mol. The molecule has 154 valence electrons. The van der Waals surface area contributed by atoms with E-state index in [2.05, 4.69) is 10.4 Å². The zero-order chi connectivity index (χ0) is 21.8. The highest BCUT2D eigenvalue weighted by Crippen LogP contribution is 2.17. The number of aromatic nitrogens is 2. The molecule has 0 bridgehead atoms. The SMILES string of the molecule is CC(=O)c1ccccc1NC(=O)[C@@H](C)OC(=O)Cc1nn(C)c(=O)c2ccccc12. The van der Waals surface area contributed by atoms with Gasteiger partial charge >= 0.3 is 5.97 Å². The molecule has 0 saturated heterocycles. The van der Waals surface area contributed by atoms with E-state index in [0.717, 1.165) is 0 Å². The molecular formula is C22H21N3O5. The number of carbonyl (C=O) groups excluding carboxylic acids is 3. The number of amides is 1. The molecule has 0 fully saturated rings. The van der Waals surface area contributed by atoms with Crippen LogP contribution in [0.5, 0.6) is 0 Å². The number of aryl methyl sites for hydroxylation is 1. The van der Waals surface area contributed by atoms with E-state index in [-0.39, 0.29) is 17.8 Å². The first-order valence-electron chi connectivity index (χ1n) is 9.33. The van der Waals surface area contributed by atoms with Crippen LogP contribution in [0.25, 0.3) is 10.8 Å². The van der Waals surface area contributed by atoms with Crippen LogP contribution in [-0.4, -0.2) is 33.5 Å². The molecule has 1 amide bonds. The lowest BCUT2D eigenvalue weighted by Crippen LogP contribution is -2.31. The number of ether oxygens (including phenoxy) is 1. The quantitative estimate of drug-likeness (QED) is 0.496. The summed E-state index contributed by atoms with van der Waals surface area (Å²) in [7, 11) is 1.51. The van der Waals surface area contributed by atoms with Gasteiger partial charge in [-0.15, -0.1) is 0 Å². The van der Waals surface area contributed by atoms with Crippen LogP contribution in [0.3, 0.4) is 0 Å². The molecule has 1 heterocycles. The minimum Gasteiger partial charge on any atom is -0.452 e. The van der Waals surface area contributed by atoms with Gasteiger partial charge in [0.15, 0.2) is 11.9 Å². The third-order valence-corrected chi connectivity index (χ3v) is 4.59. The Kier molecular flexibility index (Phi) is 6.06. The Hall–Kier alpha value is -3.81. The van der Waals surface area contributed by atoms with Crippen molar-refractivity contribution < 1.29 is 19.1 Å². The van der Waals surface area contributed by atoms with E-state index >= 15 is 0 Å². The monoisotopic (exact) mass is 407 g/mol. The summed E-state index contributed by atoms with van der Waals surface area (Å²) in [6.45, 7) is 2.84. The number of fused-ring (bicyclic) bond motifs is 1. The third-order valence-electron chi connectivity index (χ3n) is 4.59. The molecule has 0 aliphatic carbocycles. The summed E-state index contributed by atoms with van der Waals surface area (Å²) < 4.78 is 6.41. The second-order valence-electron chi connectivity index (χ2n) is 6.82. The lowest BCUT2D eigenvalue weighted by molar-refractivity contribution is -0.152. The smallest absolute Gasteiger partial charge is 0.312 e. The van der Waals surface area contributed by atoms with E-state index < -0.39 is 18.0 Å². The van der Waals surface area contributed by atoms with Crippen molar-refractivity contribution in [3.05, 3.63) is 70.1 Å². The number of para-hydroxylation sites is 1. The van der Waals surface area contributed by atoms with Gasteiger partial charge in [-0.2, -0.15) is 5.10 Å². The van der Waals surface area contributed by atoms with Crippen molar-refractivity contribution in [2.45, 2.75) is 26.4 Å². The van der Waals surface area contributed by atoms with Crippen molar-refractivity contribution in [3.63, 3.8) is 0 Å². The Morgan fingerprint density at radius 3 is 2.40 bits per heavy atom. The van der Waals surface area contributed by atoms with Gasteiger partial charge in [0.1, 0.15) is 0 Å². The average Bonchev–Trinajstić information content (AvgIpc) is 2.72. The van der Waals surface area contributed by atoms with Crippen LogP contribution in [0.2, 0.25) is 0 Å². The fraction of sp³-hybridized carbons (Fsp3) is 0.227.